The third-order valence-corrected chi connectivity index (χ3v) is 4.26. The monoisotopic (exact) mass is 272 g/mol. The van der Waals surface area contributed by atoms with Crippen LogP contribution in [0.2, 0.25) is 0 Å². The number of hydrogen-bond donors (Lipinski definition) is 1. The molecule has 1 atom stereocenters. The Morgan fingerprint density at radius 1 is 1.15 bits per heavy atom. The predicted octanol–water partition coefficient (Wildman–Crippen LogP) is 3.71. The van der Waals surface area contributed by atoms with Crippen molar-refractivity contribution in [2.24, 2.45) is 10.9 Å². The molecule has 2 aliphatic rings. The zero-order valence-electron chi connectivity index (χ0n) is 12.3. The molecule has 0 bridgehead atoms. The first-order chi connectivity index (χ1) is 9.86. The average Bonchev–Trinajstić information content (AvgIpc) is 3.32. The highest BCUT2D eigenvalue weighted by Gasteiger charge is 2.32. The summed E-state index contributed by atoms with van der Waals surface area (Å²) < 4.78 is 5.25. The Balaban J connectivity index is 1.72. The fourth-order valence-electron chi connectivity index (χ4n) is 2.89. The molecule has 0 aromatic heterocycles. The number of aliphatic imine (C=N–C) groups is 1. The van der Waals surface area contributed by atoms with Gasteiger partial charge in [-0.05, 0) is 49.3 Å². The molecule has 0 radical (unpaired) electrons. The van der Waals surface area contributed by atoms with Crippen LogP contribution < -0.4 is 10.1 Å². The van der Waals surface area contributed by atoms with Crippen molar-refractivity contribution in [1.82, 2.24) is 5.32 Å². The van der Waals surface area contributed by atoms with E-state index < -0.39 is 0 Å². The molecule has 0 unspecified atom stereocenters. The van der Waals surface area contributed by atoms with Crippen LogP contribution in [-0.2, 0) is 0 Å². The predicted molar refractivity (Wildman–Crippen MR) is 82.4 cm³/mol. The smallest absolute Gasteiger partial charge is 0.118 e. The zero-order chi connectivity index (χ0) is 13.8. The van der Waals surface area contributed by atoms with Gasteiger partial charge in [0.25, 0.3) is 0 Å². The molecule has 0 spiro atoms. The zero-order valence-corrected chi connectivity index (χ0v) is 12.3. The van der Waals surface area contributed by atoms with Gasteiger partial charge in [0.2, 0.25) is 0 Å². The van der Waals surface area contributed by atoms with E-state index in [2.05, 4.69) is 29.6 Å². The lowest BCUT2D eigenvalue weighted by atomic mass is 10.0. The van der Waals surface area contributed by atoms with Gasteiger partial charge in [0.05, 0.1) is 19.0 Å². The quantitative estimate of drug-likeness (QED) is 0.906. The molecule has 1 aromatic rings. The summed E-state index contributed by atoms with van der Waals surface area (Å²) in [5.41, 5.74) is 1.36. The molecule has 1 aliphatic heterocycles. The molecule has 1 N–H and O–H groups in total. The maximum atomic E-state index is 5.25. The summed E-state index contributed by atoms with van der Waals surface area (Å²) in [7, 11) is 1.71. The van der Waals surface area contributed by atoms with Gasteiger partial charge in [-0.1, -0.05) is 18.6 Å². The molecular weight excluding hydrogens is 248 g/mol. The van der Waals surface area contributed by atoms with E-state index in [4.69, 9.17) is 9.73 Å². The third-order valence-electron chi connectivity index (χ3n) is 4.26. The van der Waals surface area contributed by atoms with E-state index in [9.17, 15) is 0 Å². The second kappa shape index (κ2) is 6.29. The summed E-state index contributed by atoms with van der Waals surface area (Å²) >= 11 is 0. The van der Waals surface area contributed by atoms with E-state index in [0.717, 1.165) is 24.6 Å². The first-order valence-electron chi connectivity index (χ1n) is 7.80. The van der Waals surface area contributed by atoms with Crippen LogP contribution in [0.1, 0.15) is 50.1 Å². The fourth-order valence-corrected chi connectivity index (χ4v) is 2.89. The number of ether oxygens (including phenoxy) is 1. The van der Waals surface area contributed by atoms with E-state index in [1.165, 1.54) is 43.5 Å². The van der Waals surface area contributed by atoms with E-state index in [1.807, 2.05) is 0 Å². The highest BCUT2D eigenvalue weighted by molar-refractivity contribution is 5.82. The Morgan fingerprint density at radius 2 is 1.95 bits per heavy atom. The second-order valence-corrected chi connectivity index (χ2v) is 5.87. The lowest BCUT2D eigenvalue weighted by molar-refractivity contribution is 0.414. The van der Waals surface area contributed by atoms with Crippen molar-refractivity contribution in [2.45, 2.75) is 44.6 Å². The van der Waals surface area contributed by atoms with Crippen LogP contribution in [0.3, 0.4) is 0 Å². The molecule has 1 fully saturated rings. The molecule has 3 heteroatoms. The van der Waals surface area contributed by atoms with Crippen molar-refractivity contribution in [2.75, 3.05) is 13.7 Å². The number of rotatable bonds is 4. The Hall–Kier alpha value is -1.51. The van der Waals surface area contributed by atoms with Crippen LogP contribution in [0.5, 0.6) is 5.75 Å². The molecular formula is C17H24N2O. The number of amidine groups is 1. The van der Waals surface area contributed by atoms with Gasteiger partial charge < -0.3 is 10.1 Å². The molecule has 108 valence electrons. The Morgan fingerprint density at radius 3 is 2.65 bits per heavy atom. The van der Waals surface area contributed by atoms with Crippen LogP contribution in [0, 0.1) is 5.92 Å². The van der Waals surface area contributed by atoms with E-state index in [1.54, 1.807) is 7.11 Å². The Kier molecular flexibility index (Phi) is 4.24. The highest BCUT2D eigenvalue weighted by Crippen LogP contribution is 2.41. The lowest BCUT2D eigenvalue weighted by Gasteiger charge is -2.21. The van der Waals surface area contributed by atoms with Crippen molar-refractivity contribution in [3.8, 4) is 5.75 Å². The molecule has 3 nitrogen and oxygen atoms in total. The molecule has 0 amide bonds. The Bertz CT molecular complexity index is 462. The van der Waals surface area contributed by atoms with Gasteiger partial charge in [-0.3, -0.25) is 4.99 Å². The number of nitrogens with one attached hydrogen (secondary N) is 1. The fraction of sp³-hybridized carbons (Fsp3) is 0.588. The van der Waals surface area contributed by atoms with Crippen LogP contribution in [-0.4, -0.2) is 19.5 Å². The topological polar surface area (TPSA) is 33.6 Å². The van der Waals surface area contributed by atoms with Gasteiger partial charge in [0, 0.05) is 13.0 Å². The maximum Gasteiger partial charge on any atom is 0.118 e. The number of benzene rings is 1. The lowest BCUT2D eigenvalue weighted by Crippen LogP contribution is -2.29. The normalized spacial score (nSPS) is 20.8. The molecule has 1 heterocycles. The minimum absolute atomic E-state index is 0.428. The minimum Gasteiger partial charge on any atom is -0.497 e. The first-order valence-corrected chi connectivity index (χ1v) is 7.80. The van der Waals surface area contributed by atoms with Crippen LogP contribution in [0.25, 0.3) is 0 Å². The van der Waals surface area contributed by atoms with Gasteiger partial charge >= 0.3 is 0 Å². The van der Waals surface area contributed by atoms with Gasteiger partial charge in [0.1, 0.15) is 5.75 Å². The summed E-state index contributed by atoms with van der Waals surface area (Å²) in [4.78, 5) is 4.71. The Labute approximate surface area is 121 Å². The molecule has 1 aromatic carbocycles. The van der Waals surface area contributed by atoms with Gasteiger partial charge in [0.15, 0.2) is 0 Å². The standard InChI is InChI=1S/C17H24N2O/c1-20-15-10-8-14(9-11-15)17(13-6-7-13)19-16-5-3-2-4-12-18-16/h8-11,13,17H,2-7,12H2,1H3,(H,18,19)/t17-/m1/s1. The number of hydrogen-bond acceptors (Lipinski definition) is 3. The van der Waals surface area contributed by atoms with Crippen molar-refractivity contribution < 1.29 is 4.74 Å². The van der Waals surface area contributed by atoms with Crippen LogP contribution in [0.4, 0.5) is 0 Å². The van der Waals surface area contributed by atoms with Crippen molar-refractivity contribution in [3.05, 3.63) is 29.8 Å². The molecule has 3 rings (SSSR count). The molecule has 0 saturated heterocycles. The second-order valence-electron chi connectivity index (χ2n) is 5.87. The maximum absolute atomic E-state index is 5.25. The largest absolute Gasteiger partial charge is 0.497 e. The summed E-state index contributed by atoms with van der Waals surface area (Å²) in [6.07, 6.45) is 7.59. The first kappa shape index (κ1) is 13.5. The summed E-state index contributed by atoms with van der Waals surface area (Å²) in [5, 5.41) is 3.72. The molecule has 20 heavy (non-hydrogen) atoms. The minimum atomic E-state index is 0.428. The van der Waals surface area contributed by atoms with E-state index >= 15 is 0 Å². The van der Waals surface area contributed by atoms with Crippen molar-refractivity contribution >= 4 is 5.84 Å². The van der Waals surface area contributed by atoms with Crippen LogP contribution >= 0.6 is 0 Å². The molecule has 1 aliphatic carbocycles. The third kappa shape index (κ3) is 3.33. The van der Waals surface area contributed by atoms with Crippen molar-refractivity contribution in [1.29, 1.82) is 0 Å². The summed E-state index contributed by atoms with van der Waals surface area (Å²) in [6.45, 7) is 0.988. The molecule has 1 saturated carbocycles. The summed E-state index contributed by atoms with van der Waals surface area (Å²) in [6, 6.07) is 8.92. The van der Waals surface area contributed by atoms with Gasteiger partial charge in [-0.2, -0.15) is 0 Å². The summed E-state index contributed by atoms with van der Waals surface area (Å²) in [5.74, 6) is 2.92. The highest BCUT2D eigenvalue weighted by atomic mass is 16.5. The van der Waals surface area contributed by atoms with Gasteiger partial charge in [-0.15, -0.1) is 0 Å². The number of methoxy groups -OCH3 is 1. The number of nitrogens with zero attached hydrogens (tertiary/aromatic N) is 1. The van der Waals surface area contributed by atoms with E-state index in [0.29, 0.717) is 6.04 Å². The van der Waals surface area contributed by atoms with Crippen molar-refractivity contribution in [3.63, 3.8) is 0 Å². The van der Waals surface area contributed by atoms with Gasteiger partial charge in [-0.25, -0.2) is 0 Å². The SMILES string of the molecule is COc1ccc([C@H](NC2=NCCCCC2)C2CC2)cc1. The average molecular weight is 272 g/mol. The van der Waals surface area contributed by atoms with E-state index in [-0.39, 0.29) is 0 Å². The van der Waals surface area contributed by atoms with Crippen LogP contribution in [0.15, 0.2) is 29.3 Å².